The van der Waals surface area contributed by atoms with Gasteiger partial charge in [0.2, 0.25) is 5.91 Å². The van der Waals surface area contributed by atoms with Crippen LogP contribution in [-0.4, -0.2) is 29.6 Å². The summed E-state index contributed by atoms with van der Waals surface area (Å²) >= 11 is 1.58. The predicted molar refractivity (Wildman–Crippen MR) is 97.0 cm³/mol. The Labute approximate surface area is 142 Å². The van der Waals surface area contributed by atoms with Gasteiger partial charge < -0.3 is 10.1 Å². The predicted octanol–water partition coefficient (Wildman–Crippen LogP) is 3.30. The molecule has 0 bridgehead atoms. The van der Waals surface area contributed by atoms with Crippen molar-refractivity contribution in [3.63, 3.8) is 0 Å². The Morgan fingerprint density at radius 1 is 1.35 bits per heavy atom. The molecular formula is C17H19NO3S2. The number of amides is 1. The van der Waals surface area contributed by atoms with Crippen LogP contribution in [0.2, 0.25) is 0 Å². The molecule has 0 saturated carbocycles. The number of rotatable bonds is 8. The van der Waals surface area contributed by atoms with Gasteiger partial charge in [-0.1, -0.05) is 18.2 Å². The van der Waals surface area contributed by atoms with E-state index >= 15 is 0 Å². The average Bonchev–Trinajstić information content (AvgIpc) is 3.05. The van der Waals surface area contributed by atoms with E-state index in [4.69, 9.17) is 4.74 Å². The topological polar surface area (TPSA) is 55.4 Å². The van der Waals surface area contributed by atoms with E-state index < -0.39 is 10.8 Å². The maximum absolute atomic E-state index is 11.9. The van der Waals surface area contributed by atoms with E-state index in [1.807, 2.05) is 41.8 Å². The Morgan fingerprint density at radius 3 is 2.96 bits per heavy atom. The lowest BCUT2D eigenvalue weighted by molar-refractivity contribution is -0.111. The minimum Gasteiger partial charge on any atom is -0.384 e. The molecular weight excluding hydrogens is 330 g/mol. The molecule has 0 radical (unpaired) electrons. The third-order valence-electron chi connectivity index (χ3n) is 2.98. The molecule has 122 valence electrons. The maximum atomic E-state index is 11.9. The van der Waals surface area contributed by atoms with Gasteiger partial charge in [-0.2, -0.15) is 0 Å². The fraction of sp³-hybridized carbons (Fsp3) is 0.235. The first-order valence-corrected chi connectivity index (χ1v) is 9.49. The first-order valence-electron chi connectivity index (χ1n) is 7.13. The van der Waals surface area contributed by atoms with Crippen molar-refractivity contribution in [2.75, 3.05) is 24.8 Å². The number of nitrogens with one attached hydrogen (secondary N) is 1. The number of benzene rings is 1. The number of anilines is 1. The first-order chi connectivity index (χ1) is 11.2. The number of ether oxygens (including phenoxy) is 1. The molecule has 1 heterocycles. The van der Waals surface area contributed by atoms with Gasteiger partial charge in [-0.25, -0.2) is 0 Å². The quantitative estimate of drug-likeness (QED) is 0.744. The second-order valence-electron chi connectivity index (χ2n) is 4.82. The third-order valence-corrected chi connectivity index (χ3v) is 5.09. The van der Waals surface area contributed by atoms with Crippen molar-refractivity contribution < 1.29 is 13.7 Å². The molecule has 0 spiro atoms. The van der Waals surface area contributed by atoms with Gasteiger partial charge in [0.25, 0.3) is 0 Å². The highest BCUT2D eigenvalue weighted by molar-refractivity contribution is 7.84. The summed E-state index contributed by atoms with van der Waals surface area (Å²) in [5.74, 6) is 0.783. The molecule has 0 aliphatic carbocycles. The van der Waals surface area contributed by atoms with Gasteiger partial charge in [0.15, 0.2) is 0 Å². The second kappa shape index (κ2) is 9.39. The van der Waals surface area contributed by atoms with E-state index in [0.717, 1.165) is 10.4 Å². The minimum absolute atomic E-state index is 0.184. The maximum Gasteiger partial charge on any atom is 0.248 e. The van der Waals surface area contributed by atoms with E-state index in [2.05, 4.69) is 5.32 Å². The number of thiophene rings is 1. The average molecular weight is 349 g/mol. The number of hydrogen-bond acceptors (Lipinski definition) is 4. The number of carbonyl (C=O) groups excluding carboxylic acids is 1. The van der Waals surface area contributed by atoms with Crippen molar-refractivity contribution in [3.05, 3.63) is 58.3 Å². The molecule has 4 nitrogen and oxygen atoms in total. The van der Waals surface area contributed by atoms with Crippen LogP contribution in [0.3, 0.4) is 0 Å². The van der Waals surface area contributed by atoms with Gasteiger partial charge in [0, 0.05) is 46.1 Å². The lowest BCUT2D eigenvalue weighted by atomic mass is 10.2. The lowest BCUT2D eigenvalue weighted by Crippen LogP contribution is -2.09. The first kappa shape index (κ1) is 17.6. The zero-order valence-corrected chi connectivity index (χ0v) is 14.5. The van der Waals surface area contributed by atoms with Crippen LogP contribution in [0.25, 0.3) is 6.08 Å². The van der Waals surface area contributed by atoms with Gasteiger partial charge >= 0.3 is 0 Å². The fourth-order valence-electron chi connectivity index (χ4n) is 1.90. The molecule has 6 heteroatoms. The van der Waals surface area contributed by atoms with Gasteiger partial charge in [-0.15, -0.1) is 11.3 Å². The summed E-state index contributed by atoms with van der Waals surface area (Å²) in [6, 6.07) is 11.3. The van der Waals surface area contributed by atoms with Crippen LogP contribution in [0.15, 0.2) is 47.9 Å². The zero-order chi connectivity index (χ0) is 16.5. The van der Waals surface area contributed by atoms with Gasteiger partial charge in [-0.3, -0.25) is 9.00 Å². The SMILES string of the molecule is COCCS(=O)Cc1cccc(NC(=O)/C=C/c2cccs2)c1. The Bertz CT molecular complexity index is 681. The van der Waals surface area contributed by atoms with Crippen LogP contribution in [-0.2, 0) is 26.1 Å². The zero-order valence-electron chi connectivity index (χ0n) is 12.9. The molecule has 0 fully saturated rings. The molecule has 1 unspecified atom stereocenters. The molecule has 2 rings (SSSR count). The van der Waals surface area contributed by atoms with Crippen LogP contribution < -0.4 is 5.32 Å². The molecule has 1 aromatic heterocycles. The summed E-state index contributed by atoms with van der Waals surface area (Å²) in [4.78, 5) is 12.9. The van der Waals surface area contributed by atoms with E-state index in [9.17, 15) is 9.00 Å². The van der Waals surface area contributed by atoms with E-state index in [1.165, 1.54) is 6.08 Å². The van der Waals surface area contributed by atoms with Crippen LogP contribution in [0.5, 0.6) is 0 Å². The van der Waals surface area contributed by atoms with E-state index in [-0.39, 0.29) is 5.91 Å². The molecule has 0 aliphatic heterocycles. The second-order valence-corrected chi connectivity index (χ2v) is 7.38. The molecule has 0 saturated heterocycles. The number of hydrogen-bond donors (Lipinski definition) is 1. The Hall–Kier alpha value is -1.76. The lowest BCUT2D eigenvalue weighted by Gasteiger charge is -2.06. The molecule has 1 N–H and O–H groups in total. The Balaban J connectivity index is 1.91. The summed E-state index contributed by atoms with van der Waals surface area (Å²) in [6.45, 7) is 0.483. The van der Waals surface area contributed by atoms with Crippen LogP contribution in [0.1, 0.15) is 10.4 Å². The summed E-state index contributed by atoms with van der Waals surface area (Å²) in [6.07, 6.45) is 3.29. The normalized spacial score (nSPS) is 12.4. The standard InChI is InChI=1S/C17H19NO3S2/c1-21-9-11-23(20)13-14-4-2-5-15(12-14)18-17(19)8-7-16-6-3-10-22-16/h2-8,10,12H,9,11,13H2,1H3,(H,18,19)/b8-7+. The minimum atomic E-state index is -0.966. The summed E-state index contributed by atoms with van der Waals surface area (Å²) in [7, 11) is 0.628. The van der Waals surface area contributed by atoms with Crippen molar-refractivity contribution in [1.82, 2.24) is 0 Å². The van der Waals surface area contributed by atoms with Crippen LogP contribution in [0.4, 0.5) is 5.69 Å². The molecule has 23 heavy (non-hydrogen) atoms. The molecule has 0 aliphatic rings. The molecule has 1 aromatic carbocycles. The van der Waals surface area contributed by atoms with Crippen molar-refractivity contribution in [2.45, 2.75) is 5.75 Å². The molecule has 1 atom stereocenters. The van der Waals surface area contributed by atoms with Gasteiger partial charge in [0.1, 0.15) is 0 Å². The highest BCUT2D eigenvalue weighted by atomic mass is 32.2. The fourth-order valence-corrected chi connectivity index (χ4v) is 3.57. The van der Waals surface area contributed by atoms with Crippen molar-refractivity contribution in [2.24, 2.45) is 0 Å². The monoisotopic (exact) mass is 349 g/mol. The number of carbonyl (C=O) groups is 1. The largest absolute Gasteiger partial charge is 0.384 e. The van der Waals surface area contributed by atoms with Crippen LogP contribution >= 0.6 is 11.3 Å². The van der Waals surface area contributed by atoms with Crippen molar-refractivity contribution in [1.29, 1.82) is 0 Å². The summed E-state index contributed by atoms with van der Waals surface area (Å²) in [5.41, 5.74) is 1.63. The smallest absolute Gasteiger partial charge is 0.248 e. The third kappa shape index (κ3) is 6.48. The molecule has 2 aromatic rings. The van der Waals surface area contributed by atoms with Crippen molar-refractivity contribution >= 4 is 39.8 Å². The number of methoxy groups -OCH3 is 1. The van der Waals surface area contributed by atoms with Crippen LogP contribution in [0, 0.1) is 0 Å². The van der Waals surface area contributed by atoms with E-state index in [1.54, 1.807) is 24.5 Å². The highest BCUT2D eigenvalue weighted by Gasteiger charge is 2.04. The molecule has 1 amide bonds. The summed E-state index contributed by atoms with van der Waals surface area (Å²) < 4.78 is 16.8. The van der Waals surface area contributed by atoms with Gasteiger partial charge in [-0.05, 0) is 35.2 Å². The Morgan fingerprint density at radius 2 is 2.22 bits per heavy atom. The van der Waals surface area contributed by atoms with E-state index in [0.29, 0.717) is 23.8 Å². The van der Waals surface area contributed by atoms with Gasteiger partial charge in [0.05, 0.1) is 6.61 Å². The summed E-state index contributed by atoms with van der Waals surface area (Å²) in [5, 5.41) is 4.78. The Kier molecular flexibility index (Phi) is 7.19. The highest BCUT2D eigenvalue weighted by Crippen LogP contribution is 2.14. The van der Waals surface area contributed by atoms with Crippen molar-refractivity contribution in [3.8, 4) is 0 Å².